The van der Waals surface area contributed by atoms with E-state index in [9.17, 15) is 9.59 Å². The third kappa shape index (κ3) is 4.35. The number of nitrogens with one attached hydrogen (secondary N) is 1. The Bertz CT molecular complexity index is 842. The number of anilines is 1. The summed E-state index contributed by atoms with van der Waals surface area (Å²) in [5, 5.41) is 0. The van der Waals surface area contributed by atoms with Gasteiger partial charge < -0.3 is 9.64 Å². The standard InChI is InChI=1S/C24H28N2O3/c1-2-29-21-10-8-20(9-11-21)26-23(27)17-22(24(26)28)25-14-12-19(13-15-25)16-18-6-4-3-5-7-18/h3-11,19,22H,2,12-17H2,1H3/p+1/t22-/m1/s1. The second-order valence-corrected chi connectivity index (χ2v) is 8.04. The number of carbonyl (C=O) groups excluding carboxylic acids is 2. The van der Waals surface area contributed by atoms with Gasteiger partial charge in [-0.1, -0.05) is 30.3 Å². The number of hydrogen-bond acceptors (Lipinski definition) is 3. The Morgan fingerprint density at radius 1 is 1.00 bits per heavy atom. The molecule has 0 radical (unpaired) electrons. The number of benzene rings is 2. The van der Waals surface area contributed by atoms with Crippen LogP contribution >= 0.6 is 0 Å². The monoisotopic (exact) mass is 393 g/mol. The van der Waals surface area contributed by atoms with Crippen molar-refractivity contribution in [2.45, 2.75) is 38.6 Å². The smallest absolute Gasteiger partial charge is 0.292 e. The van der Waals surface area contributed by atoms with Gasteiger partial charge in [-0.2, -0.15) is 0 Å². The predicted octanol–water partition coefficient (Wildman–Crippen LogP) is 2.25. The van der Waals surface area contributed by atoms with Crippen LogP contribution < -0.4 is 14.5 Å². The van der Waals surface area contributed by atoms with Crippen LogP contribution in [-0.4, -0.2) is 37.6 Å². The summed E-state index contributed by atoms with van der Waals surface area (Å²) >= 11 is 0. The van der Waals surface area contributed by atoms with E-state index >= 15 is 0 Å². The number of hydrogen-bond donors (Lipinski definition) is 1. The van der Waals surface area contributed by atoms with Crippen molar-refractivity contribution in [1.82, 2.24) is 0 Å². The van der Waals surface area contributed by atoms with Crippen molar-refractivity contribution in [1.29, 1.82) is 0 Å². The molecule has 0 aliphatic carbocycles. The van der Waals surface area contributed by atoms with Crippen molar-refractivity contribution >= 4 is 17.5 Å². The van der Waals surface area contributed by atoms with Crippen molar-refractivity contribution in [2.24, 2.45) is 5.92 Å². The zero-order chi connectivity index (χ0) is 20.2. The number of piperidine rings is 1. The molecule has 5 heteroatoms. The Balaban J connectivity index is 1.36. The fourth-order valence-corrected chi connectivity index (χ4v) is 4.63. The third-order valence-electron chi connectivity index (χ3n) is 6.16. The van der Waals surface area contributed by atoms with Crippen LogP contribution in [0.4, 0.5) is 5.69 Å². The molecule has 2 saturated heterocycles. The number of rotatable bonds is 6. The number of carbonyl (C=O) groups is 2. The molecule has 1 N–H and O–H groups in total. The Morgan fingerprint density at radius 2 is 1.69 bits per heavy atom. The lowest BCUT2D eigenvalue weighted by molar-refractivity contribution is -0.920. The van der Waals surface area contributed by atoms with Gasteiger partial charge in [0.25, 0.3) is 5.91 Å². The van der Waals surface area contributed by atoms with Crippen LogP contribution in [0.15, 0.2) is 54.6 Å². The second kappa shape index (κ2) is 8.78. The number of amides is 2. The summed E-state index contributed by atoms with van der Waals surface area (Å²) in [6.07, 6.45) is 3.62. The summed E-state index contributed by atoms with van der Waals surface area (Å²) in [5.41, 5.74) is 2.03. The maximum atomic E-state index is 13.1. The predicted molar refractivity (Wildman–Crippen MR) is 112 cm³/mol. The molecule has 0 spiro atoms. The molecule has 2 aromatic carbocycles. The average Bonchev–Trinajstić information content (AvgIpc) is 3.04. The van der Waals surface area contributed by atoms with E-state index in [1.54, 1.807) is 12.1 Å². The van der Waals surface area contributed by atoms with Gasteiger partial charge in [0.15, 0.2) is 6.04 Å². The Labute approximate surface area is 172 Å². The summed E-state index contributed by atoms with van der Waals surface area (Å²) in [6, 6.07) is 17.6. The van der Waals surface area contributed by atoms with Crippen molar-refractivity contribution in [3.05, 3.63) is 60.2 Å². The van der Waals surface area contributed by atoms with E-state index in [-0.39, 0.29) is 17.9 Å². The minimum absolute atomic E-state index is 0.0596. The van der Waals surface area contributed by atoms with Gasteiger partial charge in [-0.15, -0.1) is 0 Å². The Morgan fingerprint density at radius 3 is 2.34 bits per heavy atom. The highest BCUT2D eigenvalue weighted by atomic mass is 16.5. The highest BCUT2D eigenvalue weighted by molar-refractivity contribution is 6.21. The molecule has 4 rings (SSSR count). The quantitative estimate of drug-likeness (QED) is 0.766. The van der Waals surface area contributed by atoms with Crippen LogP contribution in [0, 0.1) is 5.92 Å². The maximum Gasteiger partial charge on any atom is 0.292 e. The summed E-state index contributed by atoms with van der Waals surface area (Å²) < 4.78 is 5.45. The van der Waals surface area contributed by atoms with E-state index in [0.717, 1.165) is 38.1 Å². The van der Waals surface area contributed by atoms with Crippen molar-refractivity contribution in [3.63, 3.8) is 0 Å². The van der Waals surface area contributed by atoms with Crippen molar-refractivity contribution in [3.8, 4) is 5.75 Å². The molecule has 2 fully saturated rings. The first-order chi connectivity index (χ1) is 14.2. The van der Waals surface area contributed by atoms with Gasteiger partial charge in [0.05, 0.1) is 31.8 Å². The normalized spacial score (nSPS) is 24.7. The van der Waals surface area contributed by atoms with Crippen LogP contribution in [0.25, 0.3) is 0 Å². The summed E-state index contributed by atoms with van der Waals surface area (Å²) in [4.78, 5) is 28.3. The molecule has 0 unspecified atom stereocenters. The van der Waals surface area contributed by atoms with E-state index in [1.165, 1.54) is 15.4 Å². The van der Waals surface area contributed by atoms with Gasteiger partial charge >= 0.3 is 0 Å². The average molecular weight is 394 g/mol. The van der Waals surface area contributed by atoms with Gasteiger partial charge in [-0.25, -0.2) is 4.90 Å². The molecule has 2 heterocycles. The molecule has 0 saturated carbocycles. The lowest BCUT2D eigenvalue weighted by Crippen LogP contribution is -3.17. The molecular formula is C24H29N2O3+. The summed E-state index contributed by atoms with van der Waals surface area (Å²) in [7, 11) is 0. The molecule has 0 aromatic heterocycles. The van der Waals surface area contributed by atoms with Crippen LogP contribution in [0.5, 0.6) is 5.75 Å². The minimum Gasteiger partial charge on any atom is -0.494 e. The Kier molecular flexibility index (Phi) is 5.95. The SMILES string of the molecule is CCOc1ccc(N2C(=O)C[C@@H]([NH+]3CCC(Cc4ccccc4)CC3)C2=O)cc1. The highest BCUT2D eigenvalue weighted by Crippen LogP contribution is 2.25. The van der Waals surface area contributed by atoms with Crippen LogP contribution in [-0.2, 0) is 16.0 Å². The first-order valence-corrected chi connectivity index (χ1v) is 10.6. The first-order valence-electron chi connectivity index (χ1n) is 10.6. The number of likely N-dealkylation sites (tertiary alicyclic amines) is 1. The van der Waals surface area contributed by atoms with Gasteiger partial charge in [0, 0.05) is 0 Å². The number of imide groups is 1. The highest BCUT2D eigenvalue weighted by Gasteiger charge is 2.46. The first kappa shape index (κ1) is 19.6. The zero-order valence-corrected chi connectivity index (χ0v) is 17.0. The van der Waals surface area contributed by atoms with Crippen LogP contribution in [0.1, 0.15) is 31.7 Å². The molecule has 2 aromatic rings. The van der Waals surface area contributed by atoms with Crippen LogP contribution in [0.2, 0.25) is 0 Å². The van der Waals surface area contributed by atoms with Crippen molar-refractivity contribution in [2.75, 3.05) is 24.6 Å². The molecule has 1 atom stereocenters. The third-order valence-corrected chi connectivity index (χ3v) is 6.16. The molecule has 152 valence electrons. The van der Waals surface area contributed by atoms with E-state index in [4.69, 9.17) is 4.74 Å². The fraction of sp³-hybridized carbons (Fsp3) is 0.417. The number of ether oxygens (including phenoxy) is 1. The van der Waals surface area contributed by atoms with Gasteiger partial charge in [0.1, 0.15) is 5.75 Å². The molecule has 2 aliphatic heterocycles. The number of quaternary nitrogens is 1. The lowest BCUT2D eigenvalue weighted by atomic mass is 9.89. The second-order valence-electron chi connectivity index (χ2n) is 8.04. The van der Waals surface area contributed by atoms with Gasteiger partial charge in [-0.3, -0.25) is 9.59 Å². The molecule has 2 aliphatic rings. The largest absolute Gasteiger partial charge is 0.494 e. The van der Waals surface area contributed by atoms with E-state index in [1.807, 2.05) is 19.1 Å². The zero-order valence-electron chi connectivity index (χ0n) is 17.0. The molecule has 29 heavy (non-hydrogen) atoms. The number of nitrogens with zero attached hydrogens (tertiary/aromatic N) is 1. The van der Waals surface area contributed by atoms with Crippen molar-refractivity contribution < 1.29 is 19.2 Å². The molecular weight excluding hydrogens is 364 g/mol. The fourth-order valence-electron chi connectivity index (χ4n) is 4.63. The van der Waals surface area contributed by atoms with E-state index < -0.39 is 0 Å². The Hall–Kier alpha value is -2.66. The van der Waals surface area contributed by atoms with Crippen LogP contribution in [0.3, 0.4) is 0 Å². The summed E-state index contributed by atoms with van der Waals surface area (Å²) in [5.74, 6) is 1.26. The van der Waals surface area contributed by atoms with Gasteiger partial charge in [-0.05, 0) is 61.9 Å². The van der Waals surface area contributed by atoms with Gasteiger partial charge in [0.2, 0.25) is 5.91 Å². The summed E-state index contributed by atoms with van der Waals surface area (Å²) in [6.45, 7) is 4.43. The lowest BCUT2D eigenvalue weighted by Gasteiger charge is -2.32. The molecule has 2 amide bonds. The van der Waals surface area contributed by atoms with E-state index in [0.29, 0.717) is 24.6 Å². The van der Waals surface area contributed by atoms with E-state index in [2.05, 4.69) is 30.3 Å². The minimum atomic E-state index is -0.244. The molecule has 5 nitrogen and oxygen atoms in total. The molecule has 0 bridgehead atoms. The maximum absolute atomic E-state index is 13.1. The topological polar surface area (TPSA) is 51.0 Å².